The molecule has 3 aliphatic rings. The average Bonchev–Trinajstić information content (AvgIpc) is 2.71. The molecule has 2 nitrogen and oxygen atoms in total. The van der Waals surface area contributed by atoms with Crippen LogP contribution in [0.15, 0.2) is 0 Å². The monoisotopic (exact) mass is 236 g/mol. The Balaban J connectivity index is 1.89. The second-order valence-electron chi connectivity index (χ2n) is 6.81. The molecule has 0 aromatic heterocycles. The first-order valence-corrected chi connectivity index (χ1v) is 7.75. The molecule has 3 fully saturated rings. The van der Waals surface area contributed by atoms with Gasteiger partial charge in [0.1, 0.15) is 0 Å². The van der Waals surface area contributed by atoms with E-state index in [-0.39, 0.29) is 0 Å². The van der Waals surface area contributed by atoms with Crippen molar-refractivity contribution in [3.63, 3.8) is 0 Å². The Morgan fingerprint density at radius 3 is 2.71 bits per heavy atom. The summed E-state index contributed by atoms with van der Waals surface area (Å²) in [7, 11) is 0. The van der Waals surface area contributed by atoms with Crippen LogP contribution in [0.1, 0.15) is 64.7 Å². The van der Waals surface area contributed by atoms with Crippen LogP contribution in [0, 0.1) is 5.92 Å². The largest absolute Gasteiger partial charge is 0.317 e. The first kappa shape index (κ1) is 12.0. The fourth-order valence-corrected chi connectivity index (χ4v) is 4.55. The zero-order valence-electron chi connectivity index (χ0n) is 11.4. The van der Waals surface area contributed by atoms with Crippen molar-refractivity contribution in [2.45, 2.75) is 75.8 Å². The highest BCUT2D eigenvalue weighted by atomic mass is 15.1. The van der Waals surface area contributed by atoms with Gasteiger partial charge in [0.25, 0.3) is 0 Å². The SMILES string of the molecule is CC1CCCCCC23CCNCCC1(CC2)N3. The van der Waals surface area contributed by atoms with Gasteiger partial charge >= 0.3 is 0 Å². The predicted octanol–water partition coefficient (Wildman–Crippen LogP) is 2.83. The maximum absolute atomic E-state index is 4.17. The van der Waals surface area contributed by atoms with Crippen molar-refractivity contribution in [3.8, 4) is 0 Å². The molecule has 0 aromatic carbocycles. The summed E-state index contributed by atoms with van der Waals surface area (Å²) < 4.78 is 0. The summed E-state index contributed by atoms with van der Waals surface area (Å²) in [5.41, 5.74) is 0.962. The van der Waals surface area contributed by atoms with Crippen LogP contribution in [-0.4, -0.2) is 24.2 Å². The molecule has 17 heavy (non-hydrogen) atoms. The molecule has 0 saturated carbocycles. The van der Waals surface area contributed by atoms with Gasteiger partial charge < -0.3 is 10.6 Å². The maximum atomic E-state index is 4.17. The Morgan fingerprint density at radius 1 is 0.882 bits per heavy atom. The molecule has 0 radical (unpaired) electrons. The van der Waals surface area contributed by atoms with Crippen LogP contribution in [0.4, 0.5) is 0 Å². The lowest BCUT2D eigenvalue weighted by Crippen LogP contribution is -2.57. The highest BCUT2D eigenvalue weighted by Gasteiger charge is 2.49. The molecule has 3 atom stereocenters. The van der Waals surface area contributed by atoms with Gasteiger partial charge in [0.2, 0.25) is 0 Å². The van der Waals surface area contributed by atoms with Gasteiger partial charge in [0, 0.05) is 11.1 Å². The second-order valence-corrected chi connectivity index (χ2v) is 6.81. The van der Waals surface area contributed by atoms with Crippen LogP contribution in [-0.2, 0) is 0 Å². The molecule has 2 heteroatoms. The van der Waals surface area contributed by atoms with Gasteiger partial charge in [0.15, 0.2) is 0 Å². The Morgan fingerprint density at radius 2 is 1.76 bits per heavy atom. The third-order valence-corrected chi connectivity index (χ3v) is 5.83. The van der Waals surface area contributed by atoms with Gasteiger partial charge in [-0.2, -0.15) is 0 Å². The quantitative estimate of drug-likeness (QED) is 0.676. The Kier molecular flexibility index (Phi) is 3.20. The maximum Gasteiger partial charge on any atom is 0.0225 e. The van der Waals surface area contributed by atoms with Crippen molar-refractivity contribution >= 4 is 0 Å². The lowest BCUT2D eigenvalue weighted by atomic mass is 9.78. The molecule has 3 unspecified atom stereocenters. The van der Waals surface area contributed by atoms with Crippen LogP contribution in [0.25, 0.3) is 0 Å². The lowest BCUT2D eigenvalue weighted by molar-refractivity contribution is 0.174. The minimum Gasteiger partial charge on any atom is -0.317 e. The van der Waals surface area contributed by atoms with Gasteiger partial charge in [-0.3, -0.25) is 0 Å². The highest BCUT2D eigenvalue weighted by Crippen LogP contribution is 2.45. The van der Waals surface area contributed by atoms with Crippen LogP contribution < -0.4 is 10.6 Å². The molecule has 3 saturated heterocycles. The molecular formula is C15H28N2. The van der Waals surface area contributed by atoms with Crippen molar-refractivity contribution < 1.29 is 0 Å². The van der Waals surface area contributed by atoms with Crippen LogP contribution in [0.5, 0.6) is 0 Å². The number of hydrogen-bond donors (Lipinski definition) is 2. The van der Waals surface area contributed by atoms with Crippen LogP contribution >= 0.6 is 0 Å². The fourth-order valence-electron chi connectivity index (χ4n) is 4.55. The minimum atomic E-state index is 0.470. The van der Waals surface area contributed by atoms with E-state index < -0.39 is 0 Å². The predicted molar refractivity (Wildman–Crippen MR) is 72.2 cm³/mol. The molecular weight excluding hydrogens is 208 g/mol. The van der Waals surface area contributed by atoms with E-state index in [1.54, 1.807) is 0 Å². The summed E-state index contributed by atoms with van der Waals surface area (Å²) in [5.74, 6) is 0.863. The average molecular weight is 236 g/mol. The van der Waals surface area contributed by atoms with Crippen LogP contribution in [0.2, 0.25) is 0 Å². The summed E-state index contributed by atoms with van der Waals surface area (Å²) in [6, 6.07) is 0. The van der Waals surface area contributed by atoms with Gasteiger partial charge in [-0.1, -0.05) is 26.2 Å². The van der Waals surface area contributed by atoms with Crippen molar-refractivity contribution in [2.24, 2.45) is 5.92 Å². The minimum absolute atomic E-state index is 0.470. The molecule has 2 N–H and O–H groups in total. The molecule has 0 spiro atoms. The zero-order valence-corrected chi connectivity index (χ0v) is 11.4. The number of rotatable bonds is 0. The molecule has 0 aromatic rings. The summed E-state index contributed by atoms with van der Waals surface area (Å²) in [6.07, 6.45) is 12.7. The first-order valence-electron chi connectivity index (χ1n) is 7.75. The molecule has 0 amide bonds. The van der Waals surface area contributed by atoms with Crippen molar-refractivity contribution in [3.05, 3.63) is 0 Å². The molecule has 3 aliphatic heterocycles. The van der Waals surface area contributed by atoms with E-state index >= 15 is 0 Å². The summed E-state index contributed by atoms with van der Waals surface area (Å²) >= 11 is 0. The molecule has 3 heterocycles. The van der Waals surface area contributed by atoms with E-state index in [0.717, 1.165) is 5.92 Å². The van der Waals surface area contributed by atoms with Gasteiger partial charge in [-0.15, -0.1) is 0 Å². The third-order valence-electron chi connectivity index (χ3n) is 5.83. The lowest BCUT2D eigenvalue weighted by Gasteiger charge is -2.42. The fraction of sp³-hybridized carbons (Fsp3) is 1.00. The van der Waals surface area contributed by atoms with E-state index in [9.17, 15) is 0 Å². The van der Waals surface area contributed by atoms with Crippen molar-refractivity contribution in [1.82, 2.24) is 10.6 Å². The standard InChI is InChI=1S/C15H28N2/c1-13-5-3-2-4-6-14-7-8-15(13,17-14)10-12-16-11-9-14/h13,16-17H,2-12H2,1H3. The van der Waals surface area contributed by atoms with E-state index in [1.807, 2.05) is 0 Å². The smallest absolute Gasteiger partial charge is 0.0225 e. The van der Waals surface area contributed by atoms with Crippen LogP contribution in [0.3, 0.4) is 0 Å². The van der Waals surface area contributed by atoms with Crippen molar-refractivity contribution in [2.75, 3.05) is 13.1 Å². The first-order chi connectivity index (χ1) is 8.25. The van der Waals surface area contributed by atoms with E-state index in [0.29, 0.717) is 11.1 Å². The van der Waals surface area contributed by atoms with E-state index in [2.05, 4.69) is 17.6 Å². The van der Waals surface area contributed by atoms with Gasteiger partial charge in [0.05, 0.1) is 0 Å². The third kappa shape index (κ3) is 2.15. The second kappa shape index (κ2) is 4.55. The Labute approximate surface area is 106 Å². The summed E-state index contributed by atoms with van der Waals surface area (Å²) in [4.78, 5) is 0. The zero-order chi connectivity index (χ0) is 11.8. The van der Waals surface area contributed by atoms with E-state index in [4.69, 9.17) is 0 Å². The molecule has 98 valence electrons. The summed E-state index contributed by atoms with van der Waals surface area (Å²) in [5, 5.41) is 7.83. The normalized spacial score (nSPS) is 47.5. The Hall–Kier alpha value is -0.0800. The van der Waals surface area contributed by atoms with Gasteiger partial charge in [-0.05, 0) is 57.5 Å². The highest BCUT2D eigenvalue weighted by molar-refractivity contribution is 5.09. The molecule has 0 aliphatic carbocycles. The van der Waals surface area contributed by atoms with Crippen molar-refractivity contribution in [1.29, 1.82) is 0 Å². The molecule has 2 bridgehead atoms. The van der Waals surface area contributed by atoms with Gasteiger partial charge in [-0.25, -0.2) is 0 Å². The topological polar surface area (TPSA) is 24.1 Å². The summed E-state index contributed by atoms with van der Waals surface area (Å²) in [6.45, 7) is 4.93. The number of nitrogens with one attached hydrogen (secondary N) is 2. The number of hydrogen-bond acceptors (Lipinski definition) is 2. The Bertz CT molecular complexity index is 278. The van der Waals surface area contributed by atoms with E-state index in [1.165, 1.54) is 70.9 Å². The molecule has 3 rings (SSSR count).